The number of aromatic amines is 1. The average molecular weight is 353 g/mol. The molecule has 23 heavy (non-hydrogen) atoms. The Morgan fingerprint density at radius 2 is 1.87 bits per heavy atom. The lowest BCUT2D eigenvalue weighted by molar-refractivity contribution is 0.554. The van der Waals surface area contributed by atoms with E-state index in [1.807, 2.05) is 6.92 Å². The van der Waals surface area contributed by atoms with Gasteiger partial charge in [0.15, 0.2) is 5.58 Å². The third-order valence-electron chi connectivity index (χ3n) is 3.43. The van der Waals surface area contributed by atoms with Crippen molar-refractivity contribution in [1.82, 2.24) is 4.98 Å². The Bertz CT molecular complexity index is 1070. The number of nitrogens with one attached hydrogen (secondary N) is 2. The van der Waals surface area contributed by atoms with E-state index in [2.05, 4.69) is 9.71 Å². The van der Waals surface area contributed by atoms with Gasteiger partial charge in [-0.2, -0.15) is 0 Å². The molecular formula is C15H13ClN2O4S. The van der Waals surface area contributed by atoms with Crippen LogP contribution >= 0.6 is 11.6 Å². The first-order chi connectivity index (χ1) is 10.8. The van der Waals surface area contributed by atoms with Crippen LogP contribution in [-0.4, -0.2) is 13.4 Å². The van der Waals surface area contributed by atoms with Gasteiger partial charge >= 0.3 is 5.76 Å². The number of hydrogen-bond donors (Lipinski definition) is 2. The molecule has 0 fully saturated rings. The zero-order chi connectivity index (χ0) is 16.8. The largest absolute Gasteiger partial charge is 0.417 e. The quantitative estimate of drug-likeness (QED) is 0.757. The first kappa shape index (κ1) is 15.6. The molecular weight excluding hydrogens is 340 g/mol. The van der Waals surface area contributed by atoms with Crippen LogP contribution in [0.15, 0.2) is 44.4 Å². The predicted molar refractivity (Wildman–Crippen MR) is 88.6 cm³/mol. The van der Waals surface area contributed by atoms with Crippen LogP contribution in [-0.2, 0) is 10.0 Å². The summed E-state index contributed by atoms with van der Waals surface area (Å²) in [6.45, 7) is 3.47. The van der Waals surface area contributed by atoms with E-state index in [1.165, 1.54) is 6.07 Å². The van der Waals surface area contributed by atoms with E-state index >= 15 is 0 Å². The van der Waals surface area contributed by atoms with E-state index in [0.717, 1.165) is 5.56 Å². The number of halogens is 1. The van der Waals surface area contributed by atoms with Crippen LogP contribution in [0.2, 0.25) is 5.02 Å². The fourth-order valence-electron chi connectivity index (χ4n) is 2.24. The Kier molecular flexibility index (Phi) is 3.69. The van der Waals surface area contributed by atoms with Gasteiger partial charge in [-0.3, -0.25) is 9.71 Å². The summed E-state index contributed by atoms with van der Waals surface area (Å²) in [5.74, 6) is -0.632. The molecule has 8 heteroatoms. The van der Waals surface area contributed by atoms with Gasteiger partial charge < -0.3 is 4.42 Å². The summed E-state index contributed by atoms with van der Waals surface area (Å²) in [5, 5.41) is 0.467. The number of benzene rings is 2. The average Bonchev–Trinajstić information content (AvgIpc) is 2.80. The monoisotopic (exact) mass is 352 g/mol. The summed E-state index contributed by atoms with van der Waals surface area (Å²) < 4.78 is 32.6. The maximum atomic E-state index is 12.6. The van der Waals surface area contributed by atoms with Gasteiger partial charge in [-0.05, 0) is 43.2 Å². The molecule has 0 unspecified atom stereocenters. The standard InChI is InChI=1S/C15H13ClN2O4S/c1-8-3-4-10(6-11(8)16)18-23(20,21)14-7-13-12(5-9(14)2)17-15(19)22-13/h3-7,18H,1-2H3,(H,17,19). The van der Waals surface area contributed by atoms with Gasteiger partial charge in [-0.15, -0.1) is 0 Å². The second-order valence-electron chi connectivity index (χ2n) is 5.20. The first-order valence-corrected chi connectivity index (χ1v) is 8.55. The Labute approximate surface area is 137 Å². The fourth-order valence-corrected chi connectivity index (χ4v) is 3.72. The summed E-state index contributed by atoms with van der Waals surface area (Å²) in [5.41, 5.74) is 2.32. The van der Waals surface area contributed by atoms with E-state index in [0.29, 0.717) is 21.8 Å². The molecule has 0 atom stereocenters. The summed E-state index contributed by atoms with van der Waals surface area (Å²) in [4.78, 5) is 13.7. The number of sulfonamides is 1. The van der Waals surface area contributed by atoms with Crippen LogP contribution in [0, 0.1) is 13.8 Å². The number of hydrogen-bond acceptors (Lipinski definition) is 4. The number of anilines is 1. The molecule has 0 aliphatic heterocycles. The summed E-state index contributed by atoms with van der Waals surface area (Å²) >= 11 is 6.01. The molecule has 0 saturated carbocycles. The van der Waals surface area contributed by atoms with Crippen molar-refractivity contribution in [2.75, 3.05) is 4.72 Å². The van der Waals surface area contributed by atoms with E-state index in [1.54, 1.807) is 31.2 Å². The maximum Gasteiger partial charge on any atom is 0.417 e. The van der Waals surface area contributed by atoms with E-state index in [-0.39, 0.29) is 10.5 Å². The number of aryl methyl sites for hydroxylation is 2. The Hall–Kier alpha value is -2.25. The van der Waals surface area contributed by atoms with Crippen LogP contribution in [0.5, 0.6) is 0 Å². The maximum absolute atomic E-state index is 12.6. The topological polar surface area (TPSA) is 92.2 Å². The third-order valence-corrected chi connectivity index (χ3v) is 5.36. The van der Waals surface area contributed by atoms with E-state index < -0.39 is 15.8 Å². The summed E-state index contributed by atoms with van der Waals surface area (Å²) in [6.07, 6.45) is 0. The molecule has 0 aliphatic rings. The molecule has 0 saturated heterocycles. The van der Waals surface area contributed by atoms with Crippen LogP contribution in [0.25, 0.3) is 11.1 Å². The van der Waals surface area contributed by atoms with Gasteiger partial charge in [-0.25, -0.2) is 13.2 Å². The number of oxazole rings is 1. The van der Waals surface area contributed by atoms with Crippen molar-refractivity contribution in [3.8, 4) is 0 Å². The van der Waals surface area contributed by atoms with Crippen molar-refractivity contribution in [2.45, 2.75) is 18.7 Å². The van der Waals surface area contributed by atoms with Crippen LogP contribution < -0.4 is 10.5 Å². The highest BCUT2D eigenvalue weighted by Crippen LogP contribution is 2.26. The lowest BCUT2D eigenvalue weighted by atomic mass is 10.2. The predicted octanol–water partition coefficient (Wildman–Crippen LogP) is 3.19. The Morgan fingerprint density at radius 1 is 1.13 bits per heavy atom. The van der Waals surface area contributed by atoms with Crippen molar-refractivity contribution < 1.29 is 12.8 Å². The van der Waals surface area contributed by atoms with Crippen molar-refractivity contribution >= 4 is 38.4 Å². The van der Waals surface area contributed by atoms with Gasteiger partial charge in [-0.1, -0.05) is 17.7 Å². The van der Waals surface area contributed by atoms with Crippen molar-refractivity contribution in [1.29, 1.82) is 0 Å². The van der Waals surface area contributed by atoms with Crippen LogP contribution in [0.1, 0.15) is 11.1 Å². The molecule has 3 rings (SSSR count). The Morgan fingerprint density at radius 3 is 2.57 bits per heavy atom. The zero-order valence-electron chi connectivity index (χ0n) is 12.3. The number of fused-ring (bicyclic) bond motifs is 1. The van der Waals surface area contributed by atoms with Gasteiger partial charge in [0, 0.05) is 11.1 Å². The van der Waals surface area contributed by atoms with E-state index in [4.69, 9.17) is 16.0 Å². The molecule has 6 nitrogen and oxygen atoms in total. The molecule has 1 heterocycles. The molecule has 2 aromatic carbocycles. The van der Waals surface area contributed by atoms with Crippen molar-refractivity contribution in [3.63, 3.8) is 0 Å². The second kappa shape index (κ2) is 5.43. The molecule has 0 radical (unpaired) electrons. The highest BCUT2D eigenvalue weighted by molar-refractivity contribution is 7.92. The number of rotatable bonds is 3. The lowest BCUT2D eigenvalue weighted by Crippen LogP contribution is -2.14. The molecule has 0 aliphatic carbocycles. The molecule has 1 aromatic heterocycles. The molecule has 3 aromatic rings. The fraction of sp³-hybridized carbons (Fsp3) is 0.133. The van der Waals surface area contributed by atoms with E-state index in [9.17, 15) is 13.2 Å². The highest BCUT2D eigenvalue weighted by atomic mass is 35.5. The molecule has 2 N–H and O–H groups in total. The second-order valence-corrected chi connectivity index (χ2v) is 7.26. The smallest absolute Gasteiger partial charge is 0.408 e. The third kappa shape index (κ3) is 2.97. The summed E-state index contributed by atoms with van der Waals surface area (Å²) in [7, 11) is -3.84. The first-order valence-electron chi connectivity index (χ1n) is 6.69. The Balaban J connectivity index is 2.06. The highest BCUT2D eigenvalue weighted by Gasteiger charge is 2.19. The number of H-pyrrole nitrogens is 1. The normalized spacial score (nSPS) is 11.8. The van der Waals surface area contributed by atoms with Crippen molar-refractivity contribution in [2.24, 2.45) is 0 Å². The van der Waals surface area contributed by atoms with Crippen molar-refractivity contribution in [3.05, 3.63) is 57.0 Å². The zero-order valence-corrected chi connectivity index (χ0v) is 13.9. The van der Waals surface area contributed by atoms with Gasteiger partial charge in [0.1, 0.15) is 0 Å². The molecule has 0 spiro atoms. The minimum absolute atomic E-state index is 0.0319. The van der Waals surface area contributed by atoms with Crippen LogP contribution in [0.4, 0.5) is 5.69 Å². The minimum atomic E-state index is -3.84. The molecule has 0 bridgehead atoms. The lowest BCUT2D eigenvalue weighted by Gasteiger charge is -2.11. The SMILES string of the molecule is Cc1ccc(NS(=O)(=O)c2cc3oc(=O)[nH]c3cc2C)cc1Cl. The van der Waals surface area contributed by atoms with Gasteiger partial charge in [0.2, 0.25) is 0 Å². The minimum Gasteiger partial charge on any atom is -0.408 e. The van der Waals surface area contributed by atoms with Crippen LogP contribution in [0.3, 0.4) is 0 Å². The molecule has 120 valence electrons. The number of aromatic nitrogens is 1. The van der Waals surface area contributed by atoms with Gasteiger partial charge in [0.05, 0.1) is 16.1 Å². The van der Waals surface area contributed by atoms with Gasteiger partial charge in [0.25, 0.3) is 10.0 Å². The summed E-state index contributed by atoms with van der Waals surface area (Å²) in [6, 6.07) is 7.76. The molecule has 0 amide bonds.